The SMILES string of the molecule is COC1CCC(C)(CN=C(N)N2CCC(C)CC2)CC1.I. The van der Waals surface area contributed by atoms with Crippen LogP contribution in [0.2, 0.25) is 0 Å². The van der Waals surface area contributed by atoms with Crippen LogP contribution in [-0.2, 0) is 4.74 Å². The first-order valence-electron chi connectivity index (χ1n) is 8.10. The molecule has 0 aromatic rings. The highest BCUT2D eigenvalue weighted by atomic mass is 127. The fraction of sp³-hybridized carbons (Fsp3) is 0.938. The quantitative estimate of drug-likeness (QED) is 0.442. The van der Waals surface area contributed by atoms with Crippen LogP contribution in [0, 0.1) is 11.3 Å². The van der Waals surface area contributed by atoms with Crippen molar-refractivity contribution in [3.05, 3.63) is 0 Å². The molecule has 2 rings (SSSR count). The van der Waals surface area contributed by atoms with E-state index in [-0.39, 0.29) is 24.0 Å². The Kier molecular flexibility index (Phi) is 7.74. The molecule has 1 aliphatic carbocycles. The van der Waals surface area contributed by atoms with Gasteiger partial charge in [0, 0.05) is 26.7 Å². The number of ether oxygens (including phenoxy) is 1. The molecule has 0 atom stereocenters. The smallest absolute Gasteiger partial charge is 0.191 e. The topological polar surface area (TPSA) is 50.9 Å². The molecule has 2 N–H and O–H groups in total. The minimum absolute atomic E-state index is 0. The number of rotatable bonds is 3. The number of piperidine rings is 1. The van der Waals surface area contributed by atoms with Gasteiger partial charge in [-0.2, -0.15) is 0 Å². The third kappa shape index (κ3) is 5.58. The number of methoxy groups -OCH3 is 1. The molecule has 4 nitrogen and oxygen atoms in total. The van der Waals surface area contributed by atoms with E-state index >= 15 is 0 Å². The van der Waals surface area contributed by atoms with Gasteiger partial charge in [0.05, 0.1) is 6.10 Å². The van der Waals surface area contributed by atoms with Crippen molar-refractivity contribution in [3.63, 3.8) is 0 Å². The maximum Gasteiger partial charge on any atom is 0.191 e. The second kappa shape index (κ2) is 8.56. The Morgan fingerprint density at radius 1 is 1.24 bits per heavy atom. The van der Waals surface area contributed by atoms with Crippen molar-refractivity contribution in [2.24, 2.45) is 22.1 Å². The van der Waals surface area contributed by atoms with Gasteiger partial charge in [0.2, 0.25) is 0 Å². The van der Waals surface area contributed by atoms with Gasteiger partial charge in [-0.05, 0) is 49.9 Å². The van der Waals surface area contributed by atoms with Crippen LogP contribution >= 0.6 is 24.0 Å². The molecular weight excluding hydrogens is 377 g/mol. The van der Waals surface area contributed by atoms with Gasteiger partial charge in [-0.1, -0.05) is 13.8 Å². The van der Waals surface area contributed by atoms with Crippen molar-refractivity contribution in [3.8, 4) is 0 Å². The van der Waals surface area contributed by atoms with Gasteiger partial charge in [0.15, 0.2) is 5.96 Å². The van der Waals surface area contributed by atoms with E-state index in [4.69, 9.17) is 15.5 Å². The van der Waals surface area contributed by atoms with Crippen molar-refractivity contribution >= 4 is 29.9 Å². The van der Waals surface area contributed by atoms with E-state index in [2.05, 4.69) is 18.7 Å². The molecule has 1 heterocycles. The van der Waals surface area contributed by atoms with Crippen LogP contribution in [0.5, 0.6) is 0 Å². The maximum absolute atomic E-state index is 6.17. The first kappa shape index (κ1) is 19.0. The summed E-state index contributed by atoms with van der Waals surface area (Å²) < 4.78 is 5.45. The van der Waals surface area contributed by atoms with Gasteiger partial charge in [-0.25, -0.2) is 0 Å². The molecule has 0 bridgehead atoms. The fourth-order valence-corrected chi connectivity index (χ4v) is 3.29. The maximum atomic E-state index is 6.17. The van der Waals surface area contributed by atoms with Gasteiger partial charge in [-0.3, -0.25) is 4.99 Å². The molecule has 0 aromatic heterocycles. The lowest BCUT2D eigenvalue weighted by atomic mass is 9.75. The molecular formula is C16H32IN3O. The molecule has 2 fully saturated rings. The van der Waals surface area contributed by atoms with E-state index in [0.29, 0.717) is 11.5 Å². The second-order valence-corrected chi connectivity index (χ2v) is 7.09. The van der Waals surface area contributed by atoms with Crippen molar-refractivity contribution < 1.29 is 4.74 Å². The minimum atomic E-state index is 0. The number of nitrogens with two attached hydrogens (primary N) is 1. The van der Waals surface area contributed by atoms with E-state index in [1.165, 1.54) is 25.7 Å². The van der Waals surface area contributed by atoms with Crippen LogP contribution < -0.4 is 5.73 Å². The molecule has 21 heavy (non-hydrogen) atoms. The van der Waals surface area contributed by atoms with Crippen molar-refractivity contribution in [2.45, 2.75) is 58.5 Å². The standard InChI is InChI=1S/C16H31N3O.HI/c1-13-6-10-19(11-7-13)15(17)18-12-16(2)8-4-14(20-3)5-9-16;/h13-14H,4-12H2,1-3H3,(H2,17,18);1H. The number of halogens is 1. The van der Waals surface area contributed by atoms with Crippen LogP contribution in [0.3, 0.4) is 0 Å². The average Bonchev–Trinajstić information content (AvgIpc) is 2.46. The molecule has 0 amide bonds. The van der Waals surface area contributed by atoms with Gasteiger partial charge in [0.25, 0.3) is 0 Å². The number of aliphatic imine (C=N–C) groups is 1. The fourth-order valence-electron chi connectivity index (χ4n) is 3.29. The summed E-state index contributed by atoms with van der Waals surface area (Å²) in [6.45, 7) is 7.66. The molecule has 124 valence electrons. The molecule has 1 aliphatic heterocycles. The first-order valence-corrected chi connectivity index (χ1v) is 8.10. The lowest BCUT2D eigenvalue weighted by molar-refractivity contribution is 0.0352. The lowest BCUT2D eigenvalue weighted by Gasteiger charge is -2.36. The summed E-state index contributed by atoms with van der Waals surface area (Å²) in [6, 6.07) is 0. The molecule has 5 heteroatoms. The number of likely N-dealkylation sites (tertiary alicyclic amines) is 1. The average molecular weight is 409 g/mol. The molecule has 1 saturated heterocycles. The summed E-state index contributed by atoms with van der Waals surface area (Å²) in [5.41, 5.74) is 6.48. The molecule has 0 aromatic carbocycles. The Balaban J connectivity index is 0.00000220. The van der Waals surface area contributed by atoms with E-state index in [0.717, 1.165) is 44.4 Å². The highest BCUT2D eigenvalue weighted by molar-refractivity contribution is 14.0. The number of nitrogens with zero attached hydrogens (tertiary/aromatic N) is 2. The summed E-state index contributed by atoms with van der Waals surface area (Å²) in [4.78, 5) is 6.95. The van der Waals surface area contributed by atoms with Crippen LogP contribution in [0.15, 0.2) is 4.99 Å². The highest BCUT2D eigenvalue weighted by Crippen LogP contribution is 2.37. The Morgan fingerprint density at radius 3 is 2.33 bits per heavy atom. The largest absolute Gasteiger partial charge is 0.381 e. The van der Waals surface area contributed by atoms with E-state index in [9.17, 15) is 0 Å². The number of hydrogen-bond acceptors (Lipinski definition) is 2. The lowest BCUT2D eigenvalue weighted by Crippen LogP contribution is -2.43. The van der Waals surface area contributed by atoms with E-state index in [1.54, 1.807) is 0 Å². The molecule has 2 aliphatic rings. The van der Waals surface area contributed by atoms with Gasteiger partial charge >= 0.3 is 0 Å². The summed E-state index contributed by atoms with van der Waals surface area (Å²) in [6.07, 6.45) is 7.63. The van der Waals surface area contributed by atoms with E-state index < -0.39 is 0 Å². The Morgan fingerprint density at radius 2 is 1.81 bits per heavy atom. The summed E-state index contributed by atoms with van der Waals surface area (Å²) in [5, 5.41) is 0. The third-order valence-corrected chi connectivity index (χ3v) is 5.20. The van der Waals surface area contributed by atoms with Crippen LogP contribution in [0.25, 0.3) is 0 Å². The molecule has 1 saturated carbocycles. The minimum Gasteiger partial charge on any atom is -0.381 e. The summed E-state index contributed by atoms with van der Waals surface area (Å²) in [5.74, 6) is 1.59. The summed E-state index contributed by atoms with van der Waals surface area (Å²) in [7, 11) is 1.82. The van der Waals surface area contributed by atoms with Crippen LogP contribution in [0.4, 0.5) is 0 Å². The Hall–Kier alpha value is -0.0400. The number of hydrogen-bond donors (Lipinski definition) is 1. The Labute approximate surface area is 146 Å². The molecule has 0 spiro atoms. The number of guanidine groups is 1. The van der Waals surface area contributed by atoms with Gasteiger partial charge in [0.1, 0.15) is 0 Å². The van der Waals surface area contributed by atoms with E-state index in [1.807, 2.05) is 7.11 Å². The van der Waals surface area contributed by atoms with Gasteiger partial charge in [-0.15, -0.1) is 24.0 Å². The molecule has 0 unspecified atom stereocenters. The zero-order chi connectivity index (χ0) is 14.6. The van der Waals surface area contributed by atoms with Crippen molar-refractivity contribution in [1.82, 2.24) is 4.90 Å². The van der Waals surface area contributed by atoms with Gasteiger partial charge < -0.3 is 15.4 Å². The zero-order valence-electron chi connectivity index (χ0n) is 13.8. The predicted molar refractivity (Wildman–Crippen MR) is 99.2 cm³/mol. The summed E-state index contributed by atoms with van der Waals surface area (Å²) >= 11 is 0. The monoisotopic (exact) mass is 409 g/mol. The van der Waals surface area contributed by atoms with Crippen molar-refractivity contribution in [1.29, 1.82) is 0 Å². The highest BCUT2D eigenvalue weighted by Gasteiger charge is 2.31. The molecule has 0 radical (unpaired) electrons. The normalized spacial score (nSPS) is 31.9. The second-order valence-electron chi connectivity index (χ2n) is 7.09. The first-order chi connectivity index (χ1) is 9.52. The van der Waals surface area contributed by atoms with Crippen LogP contribution in [-0.4, -0.2) is 43.7 Å². The van der Waals surface area contributed by atoms with Crippen molar-refractivity contribution in [2.75, 3.05) is 26.7 Å². The van der Waals surface area contributed by atoms with Crippen LogP contribution in [0.1, 0.15) is 52.4 Å². The zero-order valence-corrected chi connectivity index (χ0v) is 16.1. The predicted octanol–water partition coefficient (Wildman–Crippen LogP) is 3.25. The third-order valence-electron chi connectivity index (χ3n) is 5.20. The Bertz CT molecular complexity index is 332.